The lowest BCUT2D eigenvalue weighted by Crippen LogP contribution is -2.41. The summed E-state index contributed by atoms with van der Waals surface area (Å²) >= 11 is 2.11. The Kier molecular flexibility index (Phi) is 4.17. The van der Waals surface area contributed by atoms with Crippen molar-refractivity contribution < 1.29 is 25.0 Å². The minimum absolute atomic E-state index is 0.668. The third-order valence-electron chi connectivity index (χ3n) is 2.81. The Labute approximate surface area is 117 Å². The van der Waals surface area contributed by atoms with Crippen LogP contribution in [0.2, 0.25) is 0 Å². The summed E-state index contributed by atoms with van der Waals surface area (Å²) in [6, 6.07) is 7.20. The quantitative estimate of drug-likeness (QED) is 0.335. The van der Waals surface area contributed by atoms with Crippen molar-refractivity contribution in [2.24, 2.45) is 0 Å². The molecule has 98 valence electrons. The van der Waals surface area contributed by atoms with E-state index in [2.05, 4.69) is 22.6 Å². The number of halogens is 1. The van der Waals surface area contributed by atoms with Gasteiger partial charge < -0.3 is 14.9 Å². The fraction of sp³-hybridized carbons (Fsp3) is 0.364. The molecule has 4 N–H and O–H groups in total. The Hall–Kier alpha value is -0.740. The van der Waals surface area contributed by atoms with E-state index in [-0.39, 0.29) is 0 Å². The van der Waals surface area contributed by atoms with Crippen LogP contribution in [-0.4, -0.2) is 39.6 Å². The molecule has 0 unspecified atom stereocenters. The number of ether oxygens (including phenoxy) is 1. The molecule has 4 atom stereocenters. The van der Waals surface area contributed by atoms with Crippen molar-refractivity contribution in [1.82, 2.24) is 5.48 Å². The third kappa shape index (κ3) is 2.50. The van der Waals surface area contributed by atoms with E-state index in [1.54, 1.807) is 18.2 Å². The molecule has 1 fully saturated rings. The molecule has 1 heterocycles. The monoisotopic (exact) mass is 365 g/mol. The van der Waals surface area contributed by atoms with E-state index in [1.165, 1.54) is 5.48 Å². The summed E-state index contributed by atoms with van der Waals surface area (Å²) < 4.78 is 6.25. The Morgan fingerprint density at radius 2 is 2.06 bits per heavy atom. The molecule has 0 spiro atoms. The number of hydroxylamine groups is 1. The van der Waals surface area contributed by atoms with Gasteiger partial charge in [0.05, 0.1) is 0 Å². The van der Waals surface area contributed by atoms with Crippen LogP contribution in [-0.2, 0) is 9.53 Å². The van der Waals surface area contributed by atoms with Crippen LogP contribution in [0.25, 0.3) is 0 Å². The highest BCUT2D eigenvalue weighted by Crippen LogP contribution is 2.34. The zero-order valence-electron chi connectivity index (χ0n) is 9.15. The van der Waals surface area contributed by atoms with E-state index < -0.39 is 30.3 Å². The first kappa shape index (κ1) is 13.7. The van der Waals surface area contributed by atoms with Gasteiger partial charge in [-0.1, -0.05) is 12.1 Å². The third-order valence-corrected chi connectivity index (χ3v) is 3.48. The molecule has 7 heteroatoms. The van der Waals surface area contributed by atoms with Gasteiger partial charge >= 0.3 is 0 Å². The zero-order chi connectivity index (χ0) is 13.3. The molecule has 0 aromatic heterocycles. The molecule has 0 bridgehead atoms. The number of carbonyl (C=O) groups is 1. The van der Waals surface area contributed by atoms with Gasteiger partial charge in [-0.25, -0.2) is 5.48 Å². The fourth-order valence-electron chi connectivity index (χ4n) is 1.92. The molecule has 1 aliphatic rings. The van der Waals surface area contributed by atoms with Crippen LogP contribution in [0.4, 0.5) is 0 Å². The Balaban J connectivity index is 2.23. The van der Waals surface area contributed by atoms with E-state index in [1.807, 2.05) is 6.07 Å². The van der Waals surface area contributed by atoms with Gasteiger partial charge in [-0.15, -0.1) is 0 Å². The highest BCUT2D eigenvalue weighted by atomic mass is 127. The molecular formula is C11H12INO5. The highest BCUT2D eigenvalue weighted by molar-refractivity contribution is 14.1. The van der Waals surface area contributed by atoms with E-state index in [0.29, 0.717) is 5.56 Å². The Morgan fingerprint density at radius 1 is 1.33 bits per heavy atom. The summed E-state index contributed by atoms with van der Waals surface area (Å²) in [5.74, 6) is -0.880. The number of aliphatic hydroxyl groups excluding tert-OH is 2. The average Bonchev–Trinajstić information content (AvgIpc) is 2.66. The lowest BCUT2D eigenvalue weighted by molar-refractivity contribution is -0.144. The maximum Gasteiger partial charge on any atom is 0.275 e. The predicted molar refractivity (Wildman–Crippen MR) is 68.7 cm³/mol. The summed E-state index contributed by atoms with van der Waals surface area (Å²) in [6.45, 7) is 0. The SMILES string of the molecule is O=C(NO)[C@H]1O[C@@H](c2cccc(I)c2)[C@@H](O)[C@H]1O. The summed E-state index contributed by atoms with van der Waals surface area (Å²) in [4.78, 5) is 11.3. The molecule has 1 aromatic rings. The van der Waals surface area contributed by atoms with Crippen LogP contribution in [0.1, 0.15) is 11.7 Å². The van der Waals surface area contributed by atoms with Crippen LogP contribution in [0.15, 0.2) is 24.3 Å². The van der Waals surface area contributed by atoms with E-state index in [9.17, 15) is 15.0 Å². The largest absolute Gasteiger partial charge is 0.387 e. The summed E-state index contributed by atoms with van der Waals surface area (Å²) in [7, 11) is 0. The smallest absolute Gasteiger partial charge is 0.275 e. The van der Waals surface area contributed by atoms with Gasteiger partial charge in [0.25, 0.3) is 5.91 Å². The number of amides is 1. The second kappa shape index (κ2) is 5.49. The maximum atomic E-state index is 11.3. The minimum atomic E-state index is -1.37. The molecule has 1 aliphatic heterocycles. The summed E-state index contributed by atoms with van der Waals surface area (Å²) in [5.41, 5.74) is 2.07. The van der Waals surface area contributed by atoms with Crippen molar-refractivity contribution in [3.8, 4) is 0 Å². The predicted octanol–water partition coefficient (Wildman–Crippen LogP) is -0.0417. The first-order chi connectivity index (χ1) is 8.54. The molecule has 18 heavy (non-hydrogen) atoms. The molecule has 1 amide bonds. The van der Waals surface area contributed by atoms with Crippen LogP contribution >= 0.6 is 22.6 Å². The molecular weight excluding hydrogens is 353 g/mol. The van der Waals surface area contributed by atoms with Crippen LogP contribution in [0.3, 0.4) is 0 Å². The second-order valence-corrected chi connectivity index (χ2v) is 5.24. The van der Waals surface area contributed by atoms with Gasteiger partial charge in [0.1, 0.15) is 18.3 Å². The van der Waals surface area contributed by atoms with E-state index in [4.69, 9.17) is 9.94 Å². The molecule has 2 rings (SSSR count). The fourth-order valence-corrected chi connectivity index (χ4v) is 2.48. The Morgan fingerprint density at radius 3 is 2.67 bits per heavy atom. The standard InChI is InChI=1S/C11H12INO5/c12-6-3-1-2-5(4-6)9-7(14)8(15)10(18-9)11(16)13-17/h1-4,7-10,14-15,17H,(H,13,16)/t7-,8+,9-,10-/m0/s1. The van der Waals surface area contributed by atoms with Crippen LogP contribution in [0, 0.1) is 3.57 Å². The number of hydrogen-bond donors (Lipinski definition) is 4. The van der Waals surface area contributed by atoms with Crippen molar-refractivity contribution in [3.63, 3.8) is 0 Å². The van der Waals surface area contributed by atoms with Gasteiger partial charge in [-0.2, -0.15) is 0 Å². The van der Waals surface area contributed by atoms with Gasteiger partial charge in [-0.3, -0.25) is 10.0 Å². The van der Waals surface area contributed by atoms with Crippen LogP contribution in [0.5, 0.6) is 0 Å². The van der Waals surface area contributed by atoms with Crippen molar-refractivity contribution in [2.45, 2.75) is 24.4 Å². The second-order valence-electron chi connectivity index (χ2n) is 3.99. The molecule has 1 saturated heterocycles. The summed E-state index contributed by atoms with van der Waals surface area (Å²) in [6.07, 6.45) is -4.67. The van der Waals surface area contributed by atoms with Gasteiger partial charge in [0.2, 0.25) is 0 Å². The van der Waals surface area contributed by atoms with Gasteiger partial charge in [-0.05, 0) is 40.3 Å². The number of rotatable bonds is 2. The number of hydrogen-bond acceptors (Lipinski definition) is 5. The number of benzene rings is 1. The Bertz CT molecular complexity index is 455. The first-order valence-corrected chi connectivity index (χ1v) is 6.33. The molecule has 6 nitrogen and oxygen atoms in total. The molecule has 0 aliphatic carbocycles. The lowest BCUT2D eigenvalue weighted by atomic mass is 10.0. The lowest BCUT2D eigenvalue weighted by Gasteiger charge is -2.14. The topological polar surface area (TPSA) is 99.0 Å². The summed E-state index contributed by atoms with van der Waals surface area (Å²) in [5, 5.41) is 28.1. The minimum Gasteiger partial charge on any atom is -0.387 e. The van der Waals surface area contributed by atoms with Crippen molar-refractivity contribution in [3.05, 3.63) is 33.4 Å². The highest BCUT2D eigenvalue weighted by Gasteiger charge is 2.46. The van der Waals surface area contributed by atoms with Crippen LogP contribution < -0.4 is 5.48 Å². The number of nitrogens with one attached hydrogen (secondary N) is 1. The normalized spacial score (nSPS) is 31.3. The van der Waals surface area contributed by atoms with Crippen molar-refractivity contribution in [1.29, 1.82) is 0 Å². The number of carbonyl (C=O) groups excluding carboxylic acids is 1. The van der Waals surface area contributed by atoms with E-state index >= 15 is 0 Å². The number of aliphatic hydroxyl groups is 2. The first-order valence-electron chi connectivity index (χ1n) is 5.25. The van der Waals surface area contributed by atoms with Gasteiger partial charge in [0.15, 0.2) is 6.10 Å². The average molecular weight is 365 g/mol. The van der Waals surface area contributed by atoms with Crippen molar-refractivity contribution in [2.75, 3.05) is 0 Å². The zero-order valence-corrected chi connectivity index (χ0v) is 11.3. The van der Waals surface area contributed by atoms with Crippen molar-refractivity contribution >= 4 is 28.5 Å². The maximum absolute atomic E-state index is 11.3. The molecule has 1 aromatic carbocycles. The molecule has 0 saturated carbocycles. The van der Waals surface area contributed by atoms with Gasteiger partial charge in [0, 0.05) is 3.57 Å². The van der Waals surface area contributed by atoms with E-state index in [0.717, 1.165) is 3.57 Å². The molecule has 0 radical (unpaired) electrons.